The Balaban J connectivity index is 0. The van der Waals surface area contributed by atoms with Crippen molar-refractivity contribution in [3.8, 4) is 0 Å². The van der Waals surface area contributed by atoms with Crippen LogP contribution in [0.25, 0.3) is 0 Å². The van der Waals surface area contributed by atoms with Gasteiger partial charge in [-0.3, -0.25) is 0 Å². The van der Waals surface area contributed by atoms with Crippen molar-refractivity contribution in [3.63, 3.8) is 0 Å². The molecule has 0 nitrogen and oxygen atoms in total. The van der Waals surface area contributed by atoms with Crippen LogP contribution in [0.2, 0.25) is 0 Å². The Kier molecular flexibility index (Phi) is 3.70. The molecule has 0 aromatic carbocycles. The molecule has 0 N–H and O–H groups in total. The lowest BCUT2D eigenvalue weighted by atomic mass is 10.1. The fourth-order valence-electron chi connectivity index (χ4n) is 0.487. The highest BCUT2D eigenvalue weighted by Crippen LogP contribution is 2.11. The molecule has 58 valence electrons. The van der Waals surface area contributed by atoms with E-state index in [0.717, 1.165) is 12.0 Å². The van der Waals surface area contributed by atoms with E-state index < -0.39 is 0 Å². The van der Waals surface area contributed by atoms with Gasteiger partial charge in [-0.2, -0.15) is 0 Å². The van der Waals surface area contributed by atoms with Crippen LogP contribution in [0.3, 0.4) is 0 Å². The average molecular weight is 142 g/mol. The van der Waals surface area contributed by atoms with Gasteiger partial charge in [0, 0.05) is 1.43 Å². The summed E-state index contributed by atoms with van der Waals surface area (Å²) in [7, 11) is 0. The van der Waals surface area contributed by atoms with E-state index in [9.17, 15) is 4.39 Å². The maximum atomic E-state index is 12.3. The summed E-state index contributed by atoms with van der Waals surface area (Å²) in [6.45, 7) is 10.5. The van der Waals surface area contributed by atoms with Gasteiger partial charge in [-0.1, -0.05) is 31.7 Å². The van der Waals surface area contributed by atoms with Crippen molar-refractivity contribution in [2.45, 2.75) is 20.3 Å². The van der Waals surface area contributed by atoms with Gasteiger partial charge in [-0.15, -0.1) is 0 Å². The third-order valence-electron chi connectivity index (χ3n) is 1.30. The molecule has 0 radical (unpaired) electrons. The lowest BCUT2D eigenvalue weighted by Crippen LogP contribution is -1.77. The molecular formula is C9H15F. The summed E-state index contributed by atoms with van der Waals surface area (Å²) < 4.78 is 12.3. The maximum absolute atomic E-state index is 12.3. The zero-order chi connectivity index (χ0) is 8.15. The van der Waals surface area contributed by atoms with Crippen molar-refractivity contribution in [1.82, 2.24) is 0 Å². The molecule has 10 heavy (non-hydrogen) atoms. The minimum atomic E-state index is -0.380. The van der Waals surface area contributed by atoms with E-state index in [1.54, 1.807) is 13.0 Å². The minimum Gasteiger partial charge on any atom is -0.207 e. The fraction of sp³-hybridized carbons (Fsp3) is 0.333. The third-order valence-corrected chi connectivity index (χ3v) is 1.30. The smallest absolute Gasteiger partial charge is 0.118 e. The Morgan fingerprint density at radius 3 is 2.40 bits per heavy atom. The van der Waals surface area contributed by atoms with E-state index in [2.05, 4.69) is 13.2 Å². The molecule has 0 saturated carbocycles. The standard InChI is InChI=1S/C9H13F.H2/c1-5-7(2)6-8(3)9(4)10;/h6H,2,4-5H2,1,3H3;1H/b8-6-;. The molecule has 0 heterocycles. The van der Waals surface area contributed by atoms with E-state index in [1.807, 2.05) is 6.92 Å². The fourth-order valence-corrected chi connectivity index (χ4v) is 0.487. The second kappa shape index (κ2) is 4.04. The van der Waals surface area contributed by atoms with Crippen molar-refractivity contribution in [1.29, 1.82) is 0 Å². The van der Waals surface area contributed by atoms with Crippen LogP contribution in [-0.2, 0) is 0 Å². The number of allylic oxidation sites excluding steroid dienone is 4. The molecule has 0 rings (SSSR count). The molecule has 0 amide bonds. The van der Waals surface area contributed by atoms with E-state index in [-0.39, 0.29) is 7.25 Å². The highest BCUT2D eigenvalue weighted by molar-refractivity contribution is 5.28. The number of hydrogen-bond acceptors (Lipinski definition) is 0. The molecule has 1 heteroatoms. The zero-order valence-corrected chi connectivity index (χ0v) is 6.58. The van der Waals surface area contributed by atoms with Gasteiger partial charge in [0.1, 0.15) is 5.83 Å². The molecule has 0 atom stereocenters. The summed E-state index contributed by atoms with van der Waals surface area (Å²) in [5.74, 6) is -0.380. The van der Waals surface area contributed by atoms with E-state index in [0.29, 0.717) is 5.57 Å². The number of halogens is 1. The Morgan fingerprint density at radius 1 is 1.60 bits per heavy atom. The molecule has 0 aliphatic rings. The predicted octanol–water partition coefficient (Wildman–Crippen LogP) is 3.63. The largest absolute Gasteiger partial charge is 0.207 e. The first kappa shape index (κ1) is 9.15. The van der Waals surface area contributed by atoms with Crippen LogP contribution >= 0.6 is 0 Å². The molecule has 0 unspecified atom stereocenters. The third kappa shape index (κ3) is 3.23. The Labute approximate surface area is 63.2 Å². The van der Waals surface area contributed by atoms with E-state index in [4.69, 9.17) is 0 Å². The summed E-state index contributed by atoms with van der Waals surface area (Å²) in [5.41, 5.74) is 1.49. The van der Waals surface area contributed by atoms with Crippen LogP contribution in [0.4, 0.5) is 4.39 Å². The first-order valence-corrected chi connectivity index (χ1v) is 3.28. The van der Waals surface area contributed by atoms with Crippen LogP contribution in [0.1, 0.15) is 21.7 Å². The van der Waals surface area contributed by atoms with Gasteiger partial charge in [-0.25, -0.2) is 4.39 Å². The predicted molar refractivity (Wildman–Crippen MR) is 45.6 cm³/mol. The summed E-state index contributed by atoms with van der Waals surface area (Å²) in [4.78, 5) is 0. The van der Waals surface area contributed by atoms with Gasteiger partial charge in [-0.05, 0) is 18.9 Å². The van der Waals surface area contributed by atoms with Gasteiger partial charge in [0.05, 0.1) is 0 Å². The van der Waals surface area contributed by atoms with E-state index >= 15 is 0 Å². The van der Waals surface area contributed by atoms with E-state index in [1.165, 1.54) is 0 Å². The van der Waals surface area contributed by atoms with Gasteiger partial charge in [0.25, 0.3) is 0 Å². The highest BCUT2D eigenvalue weighted by Gasteiger charge is 1.92. The van der Waals surface area contributed by atoms with Gasteiger partial charge < -0.3 is 0 Å². The lowest BCUT2D eigenvalue weighted by molar-refractivity contribution is 0.655. The Morgan fingerprint density at radius 2 is 2.10 bits per heavy atom. The minimum absolute atomic E-state index is 0. The lowest BCUT2D eigenvalue weighted by Gasteiger charge is -1.96. The van der Waals surface area contributed by atoms with Gasteiger partial charge in [0.2, 0.25) is 0 Å². The zero-order valence-electron chi connectivity index (χ0n) is 6.58. The maximum Gasteiger partial charge on any atom is 0.118 e. The topological polar surface area (TPSA) is 0 Å². The number of hydrogen-bond donors (Lipinski definition) is 0. The van der Waals surface area contributed by atoms with Crippen molar-refractivity contribution in [2.24, 2.45) is 0 Å². The van der Waals surface area contributed by atoms with Crippen LogP contribution in [0, 0.1) is 0 Å². The first-order valence-electron chi connectivity index (χ1n) is 3.28. The normalized spacial score (nSPS) is 11.3. The monoisotopic (exact) mass is 142 g/mol. The molecule has 0 aliphatic carbocycles. The molecule has 0 aromatic heterocycles. The van der Waals surface area contributed by atoms with Crippen LogP contribution in [-0.4, -0.2) is 0 Å². The van der Waals surface area contributed by atoms with Crippen molar-refractivity contribution in [2.75, 3.05) is 0 Å². The molecule has 0 spiro atoms. The molecule has 0 bridgehead atoms. The van der Waals surface area contributed by atoms with Crippen molar-refractivity contribution < 1.29 is 5.82 Å². The highest BCUT2D eigenvalue weighted by atomic mass is 19.1. The molecular weight excluding hydrogens is 127 g/mol. The quantitative estimate of drug-likeness (QED) is 0.528. The average Bonchev–Trinajstić information content (AvgIpc) is 1.87. The van der Waals surface area contributed by atoms with Crippen LogP contribution in [0.5, 0.6) is 0 Å². The summed E-state index contributed by atoms with van der Waals surface area (Å²) in [5, 5.41) is 0. The van der Waals surface area contributed by atoms with Gasteiger partial charge in [0.15, 0.2) is 0 Å². The molecule has 0 aromatic rings. The van der Waals surface area contributed by atoms with Gasteiger partial charge >= 0.3 is 0 Å². The SMILES string of the molecule is C=C(/C=C(/C)C(=C)F)CC.[HH]. The van der Waals surface area contributed by atoms with Crippen LogP contribution in [0.15, 0.2) is 36.2 Å². The van der Waals surface area contributed by atoms with Crippen LogP contribution < -0.4 is 0 Å². The first-order chi connectivity index (χ1) is 4.57. The molecule has 0 aliphatic heterocycles. The summed E-state index contributed by atoms with van der Waals surface area (Å²) in [6.07, 6.45) is 2.56. The Hall–Kier alpha value is -0.850. The summed E-state index contributed by atoms with van der Waals surface area (Å²) in [6, 6.07) is 0. The second-order valence-corrected chi connectivity index (χ2v) is 2.24. The Bertz CT molecular complexity index is 180. The molecule has 0 fully saturated rings. The van der Waals surface area contributed by atoms with Crippen molar-refractivity contribution >= 4 is 0 Å². The second-order valence-electron chi connectivity index (χ2n) is 2.24. The molecule has 0 saturated heterocycles. The summed E-state index contributed by atoms with van der Waals surface area (Å²) >= 11 is 0. The number of rotatable bonds is 3. The van der Waals surface area contributed by atoms with Crippen molar-refractivity contribution in [3.05, 3.63) is 36.2 Å².